The highest BCUT2D eigenvalue weighted by molar-refractivity contribution is 5.92. The van der Waals surface area contributed by atoms with Crippen LogP contribution in [0.15, 0.2) is 60.7 Å². The highest BCUT2D eigenvalue weighted by Gasteiger charge is 2.23. The summed E-state index contributed by atoms with van der Waals surface area (Å²) in [6, 6.07) is 12.4. The van der Waals surface area contributed by atoms with Crippen LogP contribution in [0.25, 0.3) is 16.7 Å². The number of hydrogen-bond acceptors (Lipinski definition) is 2. The average Bonchev–Trinajstić information content (AvgIpc) is 2.69. The second-order valence-corrected chi connectivity index (χ2v) is 7.04. The van der Waals surface area contributed by atoms with Crippen LogP contribution in [0.3, 0.4) is 0 Å². The molecule has 0 radical (unpaired) electrons. The quantitative estimate of drug-likeness (QED) is 0.698. The lowest BCUT2D eigenvalue weighted by molar-refractivity contribution is -0.112. The van der Waals surface area contributed by atoms with Gasteiger partial charge in [-0.25, -0.2) is 4.39 Å². The minimum atomic E-state index is -0.254. The molecule has 128 valence electrons. The van der Waals surface area contributed by atoms with Gasteiger partial charge in [-0.05, 0) is 47.9 Å². The molecule has 0 N–H and O–H groups in total. The SMILES string of the molecule is CC(=O)C=CC1=CC(C)(C)COc2cc(-c3ccc(F)cc3)ccc21. The van der Waals surface area contributed by atoms with Crippen molar-refractivity contribution in [3.63, 3.8) is 0 Å². The second kappa shape index (κ2) is 6.67. The van der Waals surface area contributed by atoms with E-state index in [9.17, 15) is 9.18 Å². The third-order valence-electron chi connectivity index (χ3n) is 4.11. The van der Waals surface area contributed by atoms with Crippen molar-refractivity contribution in [3.8, 4) is 16.9 Å². The first kappa shape index (κ1) is 17.2. The summed E-state index contributed by atoms with van der Waals surface area (Å²) in [6.07, 6.45) is 5.55. The van der Waals surface area contributed by atoms with Gasteiger partial charge in [-0.3, -0.25) is 4.79 Å². The van der Waals surface area contributed by atoms with Gasteiger partial charge in [0, 0.05) is 11.0 Å². The predicted octanol–water partition coefficient (Wildman–Crippen LogP) is 5.44. The van der Waals surface area contributed by atoms with Crippen molar-refractivity contribution in [1.82, 2.24) is 0 Å². The Bertz CT molecular complexity index is 858. The number of carbonyl (C=O) groups is 1. The summed E-state index contributed by atoms with van der Waals surface area (Å²) < 4.78 is 19.2. The van der Waals surface area contributed by atoms with Gasteiger partial charge in [-0.15, -0.1) is 0 Å². The van der Waals surface area contributed by atoms with E-state index < -0.39 is 0 Å². The number of benzene rings is 2. The topological polar surface area (TPSA) is 26.3 Å². The summed E-state index contributed by atoms with van der Waals surface area (Å²) in [7, 11) is 0. The van der Waals surface area contributed by atoms with E-state index in [0.29, 0.717) is 6.61 Å². The van der Waals surface area contributed by atoms with Gasteiger partial charge in [-0.1, -0.05) is 50.3 Å². The number of rotatable bonds is 3. The summed E-state index contributed by atoms with van der Waals surface area (Å²) in [4.78, 5) is 11.3. The molecule has 0 spiro atoms. The average molecular weight is 336 g/mol. The van der Waals surface area contributed by atoms with Gasteiger partial charge in [0.25, 0.3) is 0 Å². The van der Waals surface area contributed by atoms with Gasteiger partial charge < -0.3 is 4.74 Å². The van der Waals surface area contributed by atoms with Crippen LogP contribution in [0.2, 0.25) is 0 Å². The molecule has 0 saturated heterocycles. The maximum atomic E-state index is 13.1. The predicted molar refractivity (Wildman–Crippen MR) is 98.9 cm³/mol. The van der Waals surface area contributed by atoms with E-state index >= 15 is 0 Å². The summed E-state index contributed by atoms with van der Waals surface area (Å²) in [6.45, 7) is 6.28. The standard InChI is InChI=1S/C22H21FO2/c1-15(24)4-5-18-13-22(2,3)14-25-21-12-17(8-11-20(18)21)16-6-9-19(23)10-7-16/h4-13H,14H2,1-3H3. The largest absolute Gasteiger partial charge is 0.492 e. The molecule has 25 heavy (non-hydrogen) atoms. The van der Waals surface area contributed by atoms with Crippen LogP contribution in [0, 0.1) is 11.2 Å². The Balaban J connectivity index is 2.05. The third-order valence-corrected chi connectivity index (χ3v) is 4.11. The molecule has 3 rings (SSSR count). The van der Waals surface area contributed by atoms with Crippen molar-refractivity contribution in [1.29, 1.82) is 0 Å². The maximum Gasteiger partial charge on any atom is 0.152 e. The number of halogens is 1. The van der Waals surface area contributed by atoms with Crippen molar-refractivity contribution < 1.29 is 13.9 Å². The number of hydrogen-bond donors (Lipinski definition) is 0. The molecule has 1 aliphatic heterocycles. The Kier molecular flexibility index (Phi) is 4.58. The zero-order valence-corrected chi connectivity index (χ0v) is 14.7. The minimum Gasteiger partial charge on any atom is -0.492 e. The van der Waals surface area contributed by atoms with Crippen molar-refractivity contribution >= 4 is 11.4 Å². The number of fused-ring (bicyclic) bond motifs is 1. The van der Waals surface area contributed by atoms with E-state index in [1.54, 1.807) is 18.2 Å². The lowest BCUT2D eigenvalue weighted by Crippen LogP contribution is -2.17. The highest BCUT2D eigenvalue weighted by Crippen LogP contribution is 2.38. The van der Waals surface area contributed by atoms with Gasteiger partial charge in [0.15, 0.2) is 5.78 Å². The molecule has 0 atom stereocenters. The molecule has 0 unspecified atom stereocenters. The molecule has 0 aromatic heterocycles. The summed E-state index contributed by atoms with van der Waals surface area (Å²) in [5.74, 6) is 0.524. The summed E-state index contributed by atoms with van der Waals surface area (Å²) in [5, 5.41) is 0. The fourth-order valence-electron chi connectivity index (χ4n) is 2.85. The Hall–Kier alpha value is -2.68. The molecular formula is C22H21FO2. The molecule has 2 nitrogen and oxygen atoms in total. The molecule has 0 amide bonds. The molecule has 0 aliphatic carbocycles. The van der Waals surface area contributed by atoms with Gasteiger partial charge in [-0.2, -0.15) is 0 Å². The van der Waals surface area contributed by atoms with Crippen molar-refractivity contribution in [2.75, 3.05) is 6.61 Å². The maximum absolute atomic E-state index is 13.1. The molecule has 3 heteroatoms. The van der Waals surface area contributed by atoms with Crippen LogP contribution >= 0.6 is 0 Å². The Labute approximate surface area is 147 Å². The van der Waals surface area contributed by atoms with Gasteiger partial charge in [0.2, 0.25) is 0 Å². The normalized spacial score (nSPS) is 15.9. The van der Waals surface area contributed by atoms with Crippen LogP contribution in [0.4, 0.5) is 4.39 Å². The molecule has 0 fully saturated rings. The van der Waals surface area contributed by atoms with Crippen LogP contribution in [-0.4, -0.2) is 12.4 Å². The van der Waals surface area contributed by atoms with Crippen LogP contribution in [-0.2, 0) is 4.79 Å². The lowest BCUT2D eigenvalue weighted by atomic mass is 9.90. The van der Waals surface area contributed by atoms with Crippen LogP contribution in [0.5, 0.6) is 5.75 Å². The van der Waals surface area contributed by atoms with Crippen LogP contribution in [0.1, 0.15) is 26.3 Å². The Morgan fingerprint density at radius 2 is 1.80 bits per heavy atom. The second-order valence-electron chi connectivity index (χ2n) is 7.04. The van der Waals surface area contributed by atoms with E-state index in [1.165, 1.54) is 19.1 Å². The highest BCUT2D eigenvalue weighted by atomic mass is 19.1. The number of carbonyl (C=O) groups excluding carboxylic acids is 1. The number of ketones is 1. The molecule has 1 heterocycles. The third kappa shape index (κ3) is 4.05. The molecule has 2 aromatic rings. The van der Waals surface area contributed by atoms with Crippen molar-refractivity contribution in [2.45, 2.75) is 20.8 Å². The van der Waals surface area contributed by atoms with E-state index in [2.05, 4.69) is 19.9 Å². The fraction of sp³-hybridized carbons (Fsp3) is 0.227. The van der Waals surface area contributed by atoms with E-state index in [1.807, 2.05) is 24.3 Å². The molecule has 1 aliphatic rings. The zero-order valence-electron chi connectivity index (χ0n) is 14.7. The number of ether oxygens (including phenoxy) is 1. The first-order valence-corrected chi connectivity index (χ1v) is 8.29. The minimum absolute atomic E-state index is 0.00773. The first-order chi connectivity index (χ1) is 11.8. The summed E-state index contributed by atoms with van der Waals surface area (Å²) in [5.41, 5.74) is 3.67. The molecular weight excluding hydrogens is 315 g/mol. The van der Waals surface area contributed by atoms with Crippen molar-refractivity contribution in [3.05, 3.63) is 72.1 Å². The van der Waals surface area contributed by atoms with Gasteiger partial charge >= 0.3 is 0 Å². The smallest absolute Gasteiger partial charge is 0.152 e. The first-order valence-electron chi connectivity index (χ1n) is 8.29. The van der Waals surface area contributed by atoms with Crippen molar-refractivity contribution in [2.24, 2.45) is 5.41 Å². The monoisotopic (exact) mass is 336 g/mol. The molecule has 0 saturated carbocycles. The zero-order chi connectivity index (χ0) is 18.0. The van der Waals surface area contributed by atoms with E-state index in [4.69, 9.17) is 4.74 Å². The van der Waals surface area contributed by atoms with Gasteiger partial charge in [0.05, 0.1) is 6.61 Å². The Morgan fingerprint density at radius 1 is 1.12 bits per heavy atom. The van der Waals surface area contributed by atoms with Crippen LogP contribution < -0.4 is 4.74 Å². The van der Waals surface area contributed by atoms with E-state index in [0.717, 1.165) is 28.0 Å². The van der Waals surface area contributed by atoms with E-state index in [-0.39, 0.29) is 17.0 Å². The number of allylic oxidation sites excluding steroid dienone is 3. The fourth-order valence-corrected chi connectivity index (χ4v) is 2.85. The van der Waals surface area contributed by atoms with Gasteiger partial charge in [0.1, 0.15) is 11.6 Å². The summed E-state index contributed by atoms with van der Waals surface area (Å²) >= 11 is 0. The molecule has 2 aromatic carbocycles. The Morgan fingerprint density at radius 3 is 2.48 bits per heavy atom. The molecule has 0 bridgehead atoms. The lowest BCUT2D eigenvalue weighted by Gasteiger charge is -2.18.